The van der Waals surface area contributed by atoms with Crippen LogP contribution in [0.2, 0.25) is 0 Å². The Labute approximate surface area is 183 Å². The van der Waals surface area contributed by atoms with E-state index in [9.17, 15) is 9.59 Å². The molecule has 160 valence electrons. The molecule has 0 spiro atoms. The molecule has 1 N–H and O–H groups in total. The average molecular weight is 418 g/mol. The Kier molecular flexibility index (Phi) is 8.38. The highest BCUT2D eigenvalue weighted by atomic mass is 16.5. The molecule has 5 heteroatoms. The SMILES string of the molecule is COCc1ccc(C(=O)OCC(=O)NCCC(c2ccccc2)c2ccccc2)cc1. The molecule has 31 heavy (non-hydrogen) atoms. The molecule has 0 aliphatic carbocycles. The second-order valence-corrected chi connectivity index (χ2v) is 7.22. The number of methoxy groups -OCH3 is 1. The fourth-order valence-corrected chi connectivity index (χ4v) is 3.42. The topological polar surface area (TPSA) is 64.6 Å². The summed E-state index contributed by atoms with van der Waals surface area (Å²) in [5.41, 5.74) is 3.77. The van der Waals surface area contributed by atoms with Crippen molar-refractivity contribution in [2.24, 2.45) is 0 Å². The van der Waals surface area contributed by atoms with Gasteiger partial charge in [0.1, 0.15) is 0 Å². The molecule has 0 bridgehead atoms. The number of esters is 1. The number of amides is 1. The molecule has 0 aliphatic rings. The van der Waals surface area contributed by atoms with Gasteiger partial charge in [-0.1, -0.05) is 72.8 Å². The summed E-state index contributed by atoms with van der Waals surface area (Å²) in [5, 5.41) is 2.85. The number of ether oxygens (including phenoxy) is 2. The van der Waals surface area contributed by atoms with Crippen molar-refractivity contribution in [2.45, 2.75) is 18.9 Å². The fourth-order valence-electron chi connectivity index (χ4n) is 3.42. The zero-order valence-electron chi connectivity index (χ0n) is 17.6. The van der Waals surface area contributed by atoms with E-state index in [0.717, 1.165) is 12.0 Å². The summed E-state index contributed by atoms with van der Waals surface area (Å²) in [6.07, 6.45) is 0.745. The summed E-state index contributed by atoms with van der Waals surface area (Å²) in [4.78, 5) is 24.3. The minimum atomic E-state index is -0.523. The number of carbonyl (C=O) groups excluding carboxylic acids is 2. The van der Waals surface area contributed by atoms with Crippen molar-refractivity contribution >= 4 is 11.9 Å². The highest BCUT2D eigenvalue weighted by Crippen LogP contribution is 2.27. The lowest BCUT2D eigenvalue weighted by molar-refractivity contribution is -0.124. The van der Waals surface area contributed by atoms with Gasteiger partial charge in [-0.15, -0.1) is 0 Å². The predicted molar refractivity (Wildman–Crippen MR) is 120 cm³/mol. The lowest BCUT2D eigenvalue weighted by Crippen LogP contribution is -2.30. The number of carbonyl (C=O) groups is 2. The van der Waals surface area contributed by atoms with Gasteiger partial charge >= 0.3 is 5.97 Å². The zero-order valence-corrected chi connectivity index (χ0v) is 17.6. The Morgan fingerprint density at radius 3 is 1.97 bits per heavy atom. The summed E-state index contributed by atoms with van der Waals surface area (Å²) >= 11 is 0. The van der Waals surface area contributed by atoms with Crippen LogP contribution in [0.4, 0.5) is 0 Å². The van der Waals surface area contributed by atoms with Gasteiger partial charge in [0.15, 0.2) is 6.61 Å². The summed E-state index contributed by atoms with van der Waals surface area (Å²) in [7, 11) is 1.61. The Morgan fingerprint density at radius 2 is 1.42 bits per heavy atom. The monoisotopic (exact) mass is 417 g/mol. The van der Waals surface area contributed by atoms with E-state index in [2.05, 4.69) is 29.6 Å². The van der Waals surface area contributed by atoms with Gasteiger partial charge in [0.2, 0.25) is 0 Å². The van der Waals surface area contributed by atoms with Crippen molar-refractivity contribution in [3.05, 3.63) is 107 Å². The fraction of sp³-hybridized carbons (Fsp3) is 0.231. The maximum Gasteiger partial charge on any atom is 0.338 e. The molecule has 0 heterocycles. The van der Waals surface area contributed by atoms with Crippen molar-refractivity contribution in [3.63, 3.8) is 0 Å². The van der Waals surface area contributed by atoms with Crippen LogP contribution in [0.1, 0.15) is 39.4 Å². The average Bonchev–Trinajstić information content (AvgIpc) is 2.82. The van der Waals surface area contributed by atoms with E-state index in [4.69, 9.17) is 9.47 Å². The first-order valence-corrected chi connectivity index (χ1v) is 10.3. The third kappa shape index (κ3) is 6.79. The first kappa shape index (κ1) is 22.2. The summed E-state index contributed by atoms with van der Waals surface area (Å²) in [6.45, 7) is 0.654. The Morgan fingerprint density at radius 1 is 0.839 bits per heavy atom. The minimum absolute atomic E-state index is 0.177. The Hall–Kier alpha value is -3.44. The summed E-state index contributed by atoms with van der Waals surface area (Å²) in [5.74, 6) is -0.661. The second-order valence-electron chi connectivity index (χ2n) is 7.22. The number of benzene rings is 3. The van der Waals surface area contributed by atoms with Crippen molar-refractivity contribution in [3.8, 4) is 0 Å². The molecule has 5 nitrogen and oxygen atoms in total. The van der Waals surface area contributed by atoms with Gasteiger partial charge < -0.3 is 14.8 Å². The van der Waals surface area contributed by atoms with Crippen LogP contribution in [-0.4, -0.2) is 32.1 Å². The Bertz CT molecular complexity index is 916. The largest absolute Gasteiger partial charge is 0.452 e. The van der Waals surface area contributed by atoms with Crippen LogP contribution in [0.25, 0.3) is 0 Å². The lowest BCUT2D eigenvalue weighted by atomic mass is 9.88. The molecular weight excluding hydrogens is 390 g/mol. The predicted octanol–water partition coefficient (Wildman–Crippen LogP) is 4.33. The first-order valence-electron chi connectivity index (χ1n) is 10.3. The highest BCUT2D eigenvalue weighted by Gasteiger charge is 2.15. The normalized spacial score (nSPS) is 10.6. The molecule has 0 atom stereocenters. The molecule has 0 saturated carbocycles. The molecule has 0 saturated heterocycles. The Balaban J connectivity index is 1.48. The summed E-state index contributed by atoms with van der Waals surface area (Å²) < 4.78 is 10.2. The van der Waals surface area contributed by atoms with Crippen molar-refractivity contribution in [1.82, 2.24) is 5.32 Å². The van der Waals surface area contributed by atoms with Crippen molar-refractivity contribution < 1.29 is 19.1 Å². The standard InChI is InChI=1S/C26H27NO4/c1-30-18-20-12-14-23(15-13-20)26(29)31-19-25(28)27-17-16-24(21-8-4-2-5-9-21)22-10-6-3-7-11-22/h2-15,24H,16-19H2,1H3,(H,27,28). The molecule has 1 amide bonds. The van der Waals surface area contributed by atoms with Gasteiger partial charge in [-0.2, -0.15) is 0 Å². The van der Waals surface area contributed by atoms with Crippen LogP contribution in [0.5, 0.6) is 0 Å². The van der Waals surface area contributed by atoms with Crippen molar-refractivity contribution in [1.29, 1.82) is 0 Å². The van der Waals surface area contributed by atoms with Gasteiger partial charge in [0, 0.05) is 19.6 Å². The van der Waals surface area contributed by atoms with Gasteiger partial charge in [0.05, 0.1) is 12.2 Å². The number of hydrogen-bond donors (Lipinski definition) is 1. The molecular formula is C26H27NO4. The third-order valence-electron chi connectivity index (χ3n) is 4.99. The van der Waals surface area contributed by atoms with E-state index in [-0.39, 0.29) is 18.4 Å². The maximum atomic E-state index is 12.2. The van der Waals surface area contributed by atoms with Gasteiger partial charge in [-0.3, -0.25) is 4.79 Å². The van der Waals surface area contributed by atoms with E-state index in [1.165, 1.54) is 11.1 Å². The number of hydrogen-bond acceptors (Lipinski definition) is 4. The van der Waals surface area contributed by atoms with Crippen LogP contribution in [-0.2, 0) is 20.9 Å². The van der Waals surface area contributed by atoms with E-state index in [1.807, 2.05) is 36.4 Å². The molecule has 0 aromatic heterocycles. The van der Waals surface area contributed by atoms with E-state index < -0.39 is 5.97 Å². The van der Waals surface area contributed by atoms with Crippen LogP contribution < -0.4 is 5.32 Å². The number of rotatable bonds is 10. The minimum Gasteiger partial charge on any atom is -0.452 e. The van der Waals surface area contributed by atoms with Crippen LogP contribution in [0.15, 0.2) is 84.9 Å². The molecule has 0 radical (unpaired) electrons. The van der Waals surface area contributed by atoms with Crippen molar-refractivity contribution in [2.75, 3.05) is 20.3 Å². The van der Waals surface area contributed by atoms with E-state index >= 15 is 0 Å². The van der Waals surface area contributed by atoms with Crippen LogP contribution >= 0.6 is 0 Å². The molecule has 3 aromatic carbocycles. The zero-order chi connectivity index (χ0) is 21.9. The molecule has 0 unspecified atom stereocenters. The van der Waals surface area contributed by atoms with E-state index in [1.54, 1.807) is 31.4 Å². The van der Waals surface area contributed by atoms with Crippen LogP contribution in [0.3, 0.4) is 0 Å². The van der Waals surface area contributed by atoms with Crippen LogP contribution in [0, 0.1) is 0 Å². The number of nitrogens with one attached hydrogen (secondary N) is 1. The smallest absolute Gasteiger partial charge is 0.338 e. The molecule has 3 rings (SSSR count). The summed E-state index contributed by atoms with van der Waals surface area (Å²) in [6, 6.07) is 27.4. The quantitative estimate of drug-likeness (QED) is 0.499. The second kappa shape index (κ2) is 11.7. The maximum absolute atomic E-state index is 12.2. The van der Waals surface area contributed by atoms with Gasteiger partial charge in [0.25, 0.3) is 5.91 Å². The molecule has 0 aliphatic heterocycles. The van der Waals surface area contributed by atoms with Gasteiger partial charge in [-0.05, 0) is 35.2 Å². The van der Waals surface area contributed by atoms with E-state index in [0.29, 0.717) is 18.7 Å². The highest BCUT2D eigenvalue weighted by molar-refractivity contribution is 5.91. The molecule has 3 aromatic rings. The molecule has 0 fully saturated rings. The first-order chi connectivity index (χ1) is 15.2. The third-order valence-corrected chi connectivity index (χ3v) is 4.99. The lowest BCUT2D eigenvalue weighted by Gasteiger charge is -2.18. The van der Waals surface area contributed by atoms with Gasteiger partial charge in [-0.25, -0.2) is 4.79 Å².